The second-order valence-corrected chi connectivity index (χ2v) is 9.19. The van der Waals surface area contributed by atoms with Gasteiger partial charge >= 0.3 is 35.7 Å². The maximum atomic E-state index is 15.3. The van der Waals surface area contributed by atoms with Crippen LogP contribution in [0.3, 0.4) is 0 Å². The molecule has 1 fully saturated rings. The van der Waals surface area contributed by atoms with Gasteiger partial charge in [0, 0.05) is 7.05 Å². The third kappa shape index (κ3) is 6.12. The van der Waals surface area contributed by atoms with Gasteiger partial charge in [0.25, 0.3) is 0 Å². The minimum atomic E-state index is -0.805. The molecule has 1 heterocycles. The Morgan fingerprint density at radius 1 is 1.05 bits per heavy atom. The molecule has 0 unspecified atom stereocenters. The molecule has 196 valence electrons. The van der Waals surface area contributed by atoms with Crippen LogP contribution in [-0.4, -0.2) is 27.6 Å². The van der Waals surface area contributed by atoms with Crippen molar-refractivity contribution in [3.05, 3.63) is 95.7 Å². The molecular formula is C29H25F2N3NaO4-. The first-order valence-corrected chi connectivity index (χ1v) is 11.9. The summed E-state index contributed by atoms with van der Waals surface area (Å²) >= 11 is 0. The zero-order valence-electron chi connectivity index (χ0n) is 21.7. The third-order valence-corrected chi connectivity index (χ3v) is 6.74. The number of benzene rings is 3. The summed E-state index contributed by atoms with van der Waals surface area (Å²) < 4.78 is 37.4. The van der Waals surface area contributed by atoms with E-state index in [9.17, 15) is 9.59 Å². The molecule has 1 amide bonds. The molecule has 3 aromatic carbocycles. The van der Waals surface area contributed by atoms with Crippen LogP contribution < -0.4 is 34.9 Å². The van der Waals surface area contributed by atoms with E-state index in [1.54, 1.807) is 38.2 Å². The monoisotopic (exact) mass is 540 g/mol. The van der Waals surface area contributed by atoms with E-state index in [-0.39, 0.29) is 52.0 Å². The van der Waals surface area contributed by atoms with Gasteiger partial charge < -0.3 is 15.0 Å². The number of rotatable bonds is 7. The molecule has 1 atom stereocenters. The number of ether oxygens (including phenoxy) is 1. The van der Waals surface area contributed by atoms with Gasteiger partial charge in [0.05, 0.1) is 17.3 Å². The summed E-state index contributed by atoms with van der Waals surface area (Å²) in [5.41, 5.74) is 1.84. The van der Waals surface area contributed by atoms with Crippen LogP contribution in [0.15, 0.2) is 72.9 Å². The molecule has 0 saturated heterocycles. The van der Waals surface area contributed by atoms with Gasteiger partial charge in [0.1, 0.15) is 23.6 Å². The van der Waals surface area contributed by atoms with Gasteiger partial charge in [-0.1, -0.05) is 73.0 Å². The van der Waals surface area contributed by atoms with Gasteiger partial charge in [-0.15, -0.1) is 5.41 Å². The first-order chi connectivity index (χ1) is 17.8. The van der Waals surface area contributed by atoms with Crippen molar-refractivity contribution >= 4 is 18.2 Å². The predicted molar refractivity (Wildman–Crippen MR) is 137 cm³/mol. The fraction of sp³-hybridized carbons (Fsp3) is 0.207. The fourth-order valence-corrected chi connectivity index (χ4v) is 4.40. The molecule has 0 bridgehead atoms. The molecule has 0 spiro atoms. The largest absolute Gasteiger partial charge is 1.00 e. The Morgan fingerprint density at radius 2 is 1.67 bits per heavy atom. The molecule has 1 aliphatic rings. The van der Waals surface area contributed by atoms with E-state index in [0.717, 1.165) is 24.0 Å². The topological polar surface area (TPSA) is 103 Å². The molecule has 1 aromatic heterocycles. The first kappa shape index (κ1) is 30.2. The van der Waals surface area contributed by atoms with Crippen molar-refractivity contribution in [2.75, 3.05) is 5.32 Å². The molecule has 39 heavy (non-hydrogen) atoms. The number of hydrogen-bond donors (Lipinski definition) is 1. The molecule has 0 radical (unpaired) electrons. The Hall–Kier alpha value is -3.37. The van der Waals surface area contributed by atoms with Gasteiger partial charge in [-0.05, 0) is 35.7 Å². The summed E-state index contributed by atoms with van der Waals surface area (Å²) in [6.07, 6.45) is 3.59. The molecule has 7 nitrogen and oxygen atoms in total. The third-order valence-electron chi connectivity index (χ3n) is 6.74. The number of carbonyl (C=O) groups is 1. The summed E-state index contributed by atoms with van der Waals surface area (Å²) in [5.74, 6) is -1.51. The molecule has 4 aromatic rings. The molecular weight excluding hydrogens is 515 g/mol. The van der Waals surface area contributed by atoms with E-state index in [1.807, 2.05) is 30.3 Å². The number of aromatic nitrogens is 2. The number of nitrogens with one attached hydrogen (secondary N) is 1. The van der Waals surface area contributed by atoms with Crippen LogP contribution in [0.25, 0.3) is 22.3 Å². The van der Waals surface area contributed by atoms with E-state index in [4.69, 9.17) is 4.74 Å². The number of amides is 1. The van der Waals surface area contributed by atoms with Crippen molar-refractivity contribution in [2.45, 2.75) is 31.3 Å². The summed E-state index contributed by atoms with van der Waals surface area (Å²) in [7, 11) is 1.55. The summed E-state index contributed by atoms with van der Waals surface area (Å²) in [5, 5.41) is 6.64. The molecule has 1 saturated carbocycles. The second kappa shape index (κ2) is 12.2. The van der Waals surface area contributed by atoms with Crippen molar-refractivity contribution in [1.29, 1.82) is 0 Å². The van der Waals surface area contributed by atoms with Crippen LogP contribution in [0.2, 0.25) is 0 Å². The second-order valence-electron chi connectivity index (χ2n) is 9.19. The molecule has 5 rings (SSSR count). The SMILES string of the molecule is C[C@@H](OC(=O)Nc1c(-c2c(F)cc(-c3ccc(C4([C-]=O)CC4)cc3)cc2F)cnn1C)c1ccccc1.[Na+].[OH-]. The van der Waals surface area contributed by atoms with Crippen molar-refractivity contribution in [3.8, 4) is 22.3 Å². The van der Waals surface area contributed by atoms with E-state index >= 15 is 8.78 Å². The van der Waals surface area contributed by atoms with Crippen molar-refractivity contribution in [2.24, 2.45) is 7.05 Å². The normalized spacial score (nSPS) is 13.8. The number of hydrogen-bond acceptors (Lipinski definition) is 5. The number of halogens is 2. The summed E-state index contributed by atoms with van der Waals surface area (Å²) in [4.78, 5) is 23.8. The van der Waals surface area contributed by atoms with Gasteiger partial charge in [0.15, 0.2) is 0 Å². The Labute approximate surface area is 246 Å². The quantitative estimate of drug-likeness (QED) is 0.286. The fourth-order valence-electron chi connectivity index (χ4n) is 4.40. The minimum Gasteiger partial charge on any atom is -0.870 e. The van der Waals surface area contributed by atoms with Gasteiger partial charge in [0.2, 0.25) is 0 Å². The van der Waals surface area contributed by atoms with Crippen LogP contribution in [-0.2, 0) is 22.0 Å². The predicted octanol–water partition coefficient (Wildman–Crippen LogP) is 3.31. The molecule has 0 aliphatic heterocycles. The maximum Gasteiger partial charge on any atom is 1.00 e. The van der Waals surface area contributed by atoms with E-state index in [1.165, 1.54) is 23.0 Å². The zero-order chi connectivity index (χ0) is 26.2. The smallest absolute Gasteiger partial charge is 0.870 e. The van der Waals surface area contributed by atoms with Gasteiger partial charge in [-0.3, -0.25) is 16.3 Å². The summed E-state index contributed by atoms with van der Waals surface area (Å²) in [6, 6.07) is 18.7. The van der Waals surface area contributed by atoms with E-state index < -0.39 is 29.2 Å². The number of anilines is 1. The van der Waals surface area contributed by atoms with Gasteiger partial charge in [-0.2, -0.15) is 5.10 Å². The van der Waals surface area contributed by atoms with Crippen molar-refractivity contribution < 1.29 is 58.1 Å². The van der Waals surface area contributed by atoms with Crippen LogP contribution in [0, 0.1) is 11.6 Å². The van der Waals surface area contributed by atoms with Crippen LogP contribution >= 0.6 is 0 Å². The van der Waals surface area contributed by atoms with Crippen LogP contribution in [0.4, 0.5) is 19.4 Å². The average molecular weight is 541 g/mol. The average Bonchev–Trinajstić information content (AvgIpc) is 3.63. The van der Waals surface area contributed by atoms with Crippen molar-refractivity contribution in [1.82, 2.24) is 9.78 Å². The molecule has 2 N–H and O–H groups in total. The summed E-state index contributed by atoms with van der Waals surface area (Å²) in [6.45, 7) is 1.73. The van der Waals surface area contributed by atoms with E-state index in [2.05, 4.69) is 16.7 Å². The van der Waals surface area contributed by atoms with E-state index in [0.29, 0.717) is 11.1 Å². The zero-order valence-corrected chi connectivity index (χ0v) is 23.7. The Bertz CT molecular complexity index is 1450. The maximum absolute atomic E-state index is 15.3. The Kier molecular flexibility index (Phi) is 9.45. The number of aryl methyl sites for hydroxylation is 1. The van der Waals surface area contributed by atoms with Crippen LogP contribution in [0.5, 0.6) is 0 Å². The first-order valence-electron chi connectivity index (χ1n) is 11.9. The van der Waals surface area contributed by atoms with Gasteiger partial charge in [-0.25, -0.2) is 13.6 Å². The Balaban J connectivity index is 0.00000210. The standard InChI is InChI=1S/C29H24F2N3O3.Na.H2O/c1-18(19-6-4-3-5-7-19)37-28(36)33-27-23(16-32-34(27)2)26-24(30)14-21(15-25(26)31)20-8-10-22(11-9-20)29(17-35)12-13-29;;/h3-11,14-16,18H,12-13H2,1-2H3,(H,33,36);;1H2/q-1;+1;/p-1/t18-;;/m1../s1. The van der Waals surface area contributed by atoms with Crippen molar-refractivity contribution in [3.63, 3.8) is 0 Å². The number of carbonyl (C=O) groups excluding carboxylic acids is 2. The molecule has 1 aliphatic carbocycles. The Morgan fingerprint density at radius 3 is 2.23 bits per heavy atom. The number of nitrogens with zero attached hydrogens (tertiary/aromatic N) is 2. The van der Waals surface area contributed by atoms with Crippen LogP contribution in [0.1, 0.15) is 37.0 Å². The minimum absolute atomic E-state index is 0. The molecule has 10 heteroatoms.